The molecule has 3 heteroatoms. The Morgan fingerprint density at radius 2 is 2.57 bits per heavy atom. The van der Waals surface area contributed by atoms with Gasteiger partial charge in [-0.15, -0.1) is 0 Å². The first kappa shape index (κ1) is 4.73. The van der Waals surface area contributed by atoms with Gasteiger partial charge < -0.3 is 0 Å². The summed E-state index contributed by atoms with van der Waals surface area (Å²) in [6.45, 7) is 0. The van der Waals surface area contributed by atoms with Gasteiger partial charge >= 0.3 is 46.7 Å². The number of H-pyrrole nitrogens is 1. The van der Waals surface area contributed by atoms with Crippen molar-refractivity contribution >= 4 is 4.66 Å². The molecule has 1 aromatic heterocycles. The summed E-state index contributed by atoms with van der Waals surface area (Å²) in [5.41, 5.74) is 0. The van der Waals surface area contributed by atoms with Crippen LogP contribution in [0, 0.1) is 4.45 Å². The van der Waals surface area contributed by atoms with E-state index in [0.29, 0.717) is 0 Å². The quantitative estimate of drug-likeness (QED) is 0.532. The van der Waals surface area contributed by atoms with Crippen molar-refractivity contribution in [2.45, 2.75) is 0 Å². The molecule has 0 saturated heterocycles. The number of hydrogen-bond acceptors (Lipinski definition) is 1. The van der Waals surface area contributed by atoms with Gasteiger partial charge in [-0.05, 0) is 0 Å². The molecule has 2 nitrogen and oxygen atoms in total. The van der Waals surface area contributed by atoms with Crippen molar-refractivity contribution in [1.29, 1.82) is 4.45 Å². The second-order valence-corrected chi connectivity index (χ2v) is 1.84. The van der Waals surface area contributed by atoms with Crippen LogP contribution in [0.15, 0.2) is 18.3 Å². The van der Waals surface area contributed by atoms with Crippen molar-refractivity contribution in [2.75, 3.05) is 0 Å². The maximum atomic E-state index is 6.77. The molecule has 0 aliphatic heterocycles. The minimum atomic E-state index is 0.816. The Hall–Kier alpha value is -0.426. The molecule has 0 bridgehead atoms. The van der Waals surface area contributed by atoms with E-state index in [9.17, 15) is 0 Å². The SMILES string of the molecule is [NH]=[Ni][c]1ccc[nH]1. The maximum absolute atomic E-state index is 6.77. The molecule has 0 unspecified atom stereocenters. The van der Waals surface area contributed by atoms with Crippen LogP contribution in [0.4, 0.5) is 0 Å². The predicted molar refractivity (Wildman–Crippen MR) is 23.1 cm³/mol. The van der Waals surface area contributed by atoms with Gasteiger partial charge in [-0.1, -0.05) is 0 Å². The zero-order valence-corrected chi connectivity index (χ0v) is 4.54. The van der Waals surface area contributed by atoms with Crippen LogP contribution in [0.1, 0.15) is 0 Å². The van der Waals surface area contributed by atoms with E-state index in [2.05, 4.69) is 4.98 Å². The van der Waals surface area contributed by atoms with E-state index in [1.165, 1.54) is 0 Å². The molecule has 0 aliphatic rings. The van der Waals surface area contributed by atoms with E-state index in [0.717, 1.165) is 18.9 Å². The molecule has 0 amide bonds. The zero-order chi connectivity index (χ0) is 5.11. The molecule has 0 spiro atoms. The van der Waals surface area contributed by atoms with Gasteiger partial charge in [-0.2, -0.15) is 0 Å². The summed E-state index contributed by atoms with van der Waals surface area (Å²) in [4.78, 5) is 2.87. The van der Waals surface area contributed by atoms with E-state index >= 15 is 0 Å². The summed E-state index contributed by atoms with van der Waals surface area (Å²) in [5, 5.41) is 0. The molecule has 0 aromatic carbocycles. The Morgan fingerprint density at radius 3 is 2.86 bits per heavy atom. The van der Waals surface area contributed by atoms with Gasteiger partial charge in [0.15, 0.2) is 0 Å². The normalized spacial score (nSPS) is 9.71. The van der Waals surface area contributed by atoms with Gasteiger partial charge in [0, 0.05) is 0 Å². The summed E-state index contributed by atoms with van der Waals surface area (Å²) in [7, 11) is 0. The van der Waals surface area contributed by atoms with E-state index < -0.39 is 0 Å². The van der Waals surface area contributed by atoms with Crippen LogP contribution in [0.25, 0.3) is 0 Å². The molecule has 1 rings (SSSR count). The van der Waals surface area contributed by atoms with Crippen molar-refractivity contribution < 1.29 is 14.2 Å². The van der Waals surface area contributed by atoms with Gasteiger partial charge in [0.25, 0.3) is 0 Å². The van der Waals surface area contributed by atoms with Gasteiger partial charge in [-0.3, -0.25) is 0 Å². The first-order chi connectivity index (χ1) is 3.43. The van der Waals surface area contributed by atoms with E-state index in [1.54, 1.807) is 0 Å². The van der Waals surface area contributed by atoms with E-state index in [1.807, 2.05) is 18.3 Å². The van der Waals surface area contributed by atoms with Crippen LogP contribution < -0.4 is 4.66 Å². The fourth-order valence-corrected chi connectivity index (χ4v) is 0.677. The molecule has 0 fully saturated rings. The summed E-state index contributed by atoms with van der Waals surface area (Å²) >= 11 is 0.816. The standard InChI is InChI=1S/C4H4N.HN.Ni/c1-2-4-5-3-1;;/h1-3,5H;1H;. The molecule has 1 aromatic rings. The molecule has 2 N–H and O–H groups in total. The van der Waals surface area contributed by atoms with Crippen molar-refractivity contribution in [3.05, 3.63) is 18.3 Å². The Bertz CT molecular complexity index is 145. The number of rotatable bonds is 1. The van der Waals surface area contributed by atoms with Gasteiger partial charge in [0.1, 0.15) is 0 Å². The van der Waals surface area contributed by atoms with Crippen LogP contribution in [-0.4, -0.2) is 4.98 Å². The molecular weight excluding hydrogens is 135 g/mol. The number of aromatic nitrogens is 1. The average Bonchev–Trinajstić information content (AvgIpc) is 2.14. The Kier molecular flexibility index (Phi) is 1.37. The minimum absolute atomic E-state index is 0.816. The van der Waals surface area contributed by atoms with E-state index in [-0.39, 0.29) is 0 Å². The van der Waals surface area contributed by atoms with Crippen LogP contribution in [0.3, 0.4) is 0 Å². The van der Waals surface area contributed by atoms with Gasteiger partial charge in [0.2, 0.25) is 0 Å². The summed E-state index contributed by atoms with van der Waals surface area (Å²) < 4.78 is 7.68. The topological polar surface area (TPSA) is 39.6 Å². The summed E-state index contributed by atoms with van der Waals surface area (Å²) in [6, 6.07) is 3.75. The monoisotopic (exact) mass is 139 g/mol. The average molecular weight is 140 g/mol. The molecule has 0 aliphatic carbocycles. The third kappa shape index (κ3) is 0.968. The molecule has 0 saturated carbocycles. The van der Waals surface area contributed by atoms with Crippen molar-refractivity contribution in [2.24, 2.45) is 0 Å². The summed E-state index contributed by atoms with van der Waals surface area (Å²) in [6.07, 6.45) is 1.81. The number of nitrogens with one attached hydrogen (secondary N) is 2. The molecule has 1 heterocycles. The van der Waals surface area contributed by atoms with Gasteiger partial charge in [-0.25, -0.2) is 0 Å². The Morgan fingerprint density at radius 1 is 1.71 bits per heavy atom. The molecule has 0 radical (unpaired) electrons. The van der Waals surface area contributed by atoms with Crippen molar-refractivity contribution in [1.82, 2.24) is 4.98 Å². The van der Waals surface area contributed by atoms with E-state index in [4.69, 9.17) is 4.45 Å². The zero-order valence-electron chi connectivity index (χ0n) is 3.55. The predicted octanol–water partition coefficient (Wildman–Crippen LogP) is 0.485. The van der Waals surface area contributed by atoms with Crippen LogP contribution in [-0.2, 0) is 14.2 Å². The second kappa shape index (κ2) is 2.03. The molecule has 7 heavy (non-hydrogen) atoms. The van der Waals surface area contributed by atoms with Crippen LogP contribution in [0.5, 0.6) is 0 Å². The Balaban J connectivity index is 2.96. The van der Waals surface area contributed by atoms with Gasteiger partial charge in [0.05, 0.1) is 0 Å². The second-order valence-electron chi connectivity index (χ2n) is 1.06. The molecule has 0 atom stereocenters. The van der Waals surface area contributed by atoms with Crippen molar-refractivity contribution in [3.63, 3.8) is 0 Å². The van der Waals surface area contributed by atoms with Crippen molar-refractivity contribution in [3.8, 4) is 0 Å². The fourth-order valence-electron chi connectivity index (χ4n) is 0.347. The first-order valence-corrected chi connectivity index (χ1v) is 2.80. The van der Waals surface area contributed by atoms with Crippen LogP contribution in [0.2, 0.25) is 0 Å². The Labute approximate surface area is 47.3 Å². The third-order valence-electron chi connectivity index (χ3n) is 0.626. The number of hydrogen-bond donors (Lipinski definition) is 2. The number of aromatic amines is 1. The fraction of sp³-hybridized carbons (Fsp3) is 0. The summed E-state index contributed by atoms with van der Waals surface area (Å²) in [5.74, 6) is 0. The molecular formula is C4H5N2Ni. The molecule has 41 valence electrons. The third-order valence-corrected chi connectivity index (χ3v) is 1.20. The van der Waals surface area contributed by atoms with Crippen LogP contribution >= 0.6 is 0 Å². The first-order valence-electron chi connectivity index (χ1n) is 1.81.